The maximum absolute atomic E-state index is 13.9. The molecule has 0 fully saturated rings. The molecule has 1 heterocycles. The number of rotatable bonds is 4. The fourth-order valence-electron chi connectivity index (χ4n) is 2.01. The highest BCUT2D eigenvalue weighted by Gasteiger charge is 2.14. The summed E-state index contributed by atoms with van der Waals surface area (Å²) in [5.41, 5.74) is 2.71. The van der Waals surface area contributed by atoms with Crippen molar-refractivity contribution >= 4 is 0 Å². The second-order valence-electron chi connectivity index (χ2n) is 4.33. The van der Waals surface area contributed by atoms with E-state index in [-0.39, 0.29) is 11.3 Å². The minimum absolute atomic E-state index is 0.0972. The second kappa shape index (κ2) is 5.40. The van der Waals surface area contributed by atoms with E-state index in [0.717, 1.165) is 23.4 Å². The van der Waals surface area contributed by atoms with Crippen LogP contribution < -0.4 is 10.1 Å². The third kappa shape index (κ3) is 2.61. The van der Waals surface area contributed by atoms with Crippen molar-refractivity contribution in [3.05, 3.63) is 41.1 Å². The van der Waals surface area contributed by atoms with Gasteiger partial charge in [-0.1, -0.05) is 0 Å². The van der Waals surface area contributed by atoms with Gasteiger partial charge in [0.25, 0.3) is 0 Å². The van der Waals surface area contributed by atoms with Crippen LogP contribution in [0.15, 0.2) is 18.2 Å². The monoisotopic (exact) mass is 266 g/mol. The van der Waals surface area contributed by atoms with E-state index in [0.29, 0.717) is 12.2 Å². The number of aromatic amines is 1. The van der Waals surface area contributed by atoms with Gasteiger partial charge in [-0.3, -0.25) is 0 Å². The highest BCUT2D eigenvalue weighted by molar-refractivity contribution is 5.63. The quantitative estimate of drug-likeness (QED) is 0.892. The Labute approximate surface area is 110 Å². The van der Waals surface area contributed by atoms with Gasteiger partial charge in [0.1, 0.15) is 5.82 Å². The Bertz CT molecular complexity index is 593. The third-order valence-corrected chi connectivity index (χ3v) is 3.02. The van der Waals surface area contributed by atoms with Crippen molar-refractivity contribution in [1.29, 1.82) is 0 Å². The highest BCUT2D eigenvalue weighted by Crippen LogP contribution is 2.29. The molecule has 0 unspecified atom stereocenters. The first-order chi connectivity index (χ1) is 9.06. The molecule has 0 aliphatic rings. The number of ether oxygens (including phenoxy) is 1. The highest BCUT2D eigenvalue weighted by atomic mass is 19.1. The summed E-state index contributed by atoms with van der Waals surface area (Å²) in [5, 5.41) is 3.03. The summed E-state index contributed by atoms with van der Waals surface area (Å²) in [6.07, 6.45) is 0. The minimum atomic E-state index is -0.582. The summed E-state index contributed by atoms with van der Waals surface area (Å²) in [7, 11) is 3.14. The molecule has 0 amide bonds. The Kier molecular flexibility index (Phi) is 3.85. The normalized spacial score (nSPS) is 10.8. The number of aryl methyl sites for hydroxylation is 1. The lowest BCUT2D eigenvalue weighted by Gasteiger charge is -2.05. The summed E-state index contributed by atoms with van der Waals surface area (Å²) in [5.74, 6) is -1.20. The van der Waals surface area contributed by atoms with Gasteiger partial charge in [-0.15, -0.1) is 0 Å². The molecule has 0 saturated heterocycles. The topological polar surface area (TPSA) is 37.0 Å². The van der Waals surface area contributed by atoms with Crippen molar-refractivity contribution in [3.63, 3.8) is 0 Å². The third-order valence-electron chi connectivity index (χ3n) is 3.02. The second-order valence-corrected chi connectivity index (χ2v) is 4.33. The lowest BCUT2D eigenvalue weighted by molar-refractivity contribution is 0.383. The van der Waals surface area contributed by atoms with Gasteiger partial charge in [0, 0.05) is 29.6 Å². The standard InChI is InChI=1S/C14H16F2N2O/c1-8-9(7-17-2)4-13(18-8)10-5-12(16)14(19-3)6-11(10)15/h4-6,17-18H,7H2,1-3H3. The number of hydrogen-bond donors (Lipinski definition) is 2. The average molecular weight is 266 g/mol. The Morgan fingerprint density at radius 2 is 1.95 bits per heavy atom. The molecule has 0 spiro atoms. The van der Waals surface area contributed by atoms with Crippen molar-refractivity contribution in [2.45, 2.75) is 13.5 Å². The van der Waals surface area contributed by atoms with Gasteiger partial charge >= 0.3 is 0 Å². The van der Waals surface area contributed by atoms with Crippen LogP contribution in [-0.2, 0) is 6.54 Å². The van der Waals surface area contributed by atoms with Crippen molar-refractivity contribution in [1.82, 2.24) is 10.3 Å². The fourth-order valence-corrected chi connectivity index (χ4v) is 2.01. The van der Waals surface area contributed by atoms with Crippen LogP contribution >= 0.6 is 0 Å². The van der Waals surface area contributed by atoms with Gasteiger partial charge in [-0.25, -0.2) is 8.78 Å². The molecule has 0 radical (unpaired) electrons. The van der Waals surface area contributed by atoms with Crippen LogP contribution in [0, 0.1) is 18.6 Å². The van der Waals surface area contributed by atoms with Crippen LogP contribution in [-0.4, -0.2) is 19.1 Å². The molecule has 2 rings (SSSR count). The predicted octanol–water partition coefficient (Wildman–Crippen LogP) is 3.00. The van der Waals surface area contributed by atoms with E-state index >= 15 is 0 Å². The molecule has 0 aliphatic heterocycles. The lowest BCUT2D eigenvalue weighted by atomic mass is 10.1. The summed E-state index contributed by atoms with van der Waals surface area (Å²) in [6.45, 7) is 2.57. The van der Waals surface area contributed by atoms with Crippen molar-refractivity contribution in [2.24, 2.45) is 0 Å². The average Bonchev–Trinajstić information content (AvgIpc) is 2.73. The molecule has 5 heteroatoms. The molecule has 102 valence electrons. The van der Waals surface area contributed by atoms with E-state index in [1.54, 1.807) is 0 Å². The van der Waals surface area contributed by atoms with Crippen molar-refractivity contribution in [2.75, 3.05) is 14.2 Å². The largest absolute Gasteiger partial charge is 0.494 e. The predicted molar refractivity (Wildman–Crippen MR) is 70.2 cm³/mol. The van der Waals surface area contributed by atoms with E-state index in [9.17, 15) is 8.78 Å². The smallest absolute Gasteiger partial charge is 0.165 e. The molecule has 0 bridgehead atoms. The summed E-state index contributed by atoms with van der Waals surface area (Å²) < 4.78 is 32.3. The molecule has 3 nitrogen and oxygen atoms in total. The summed E-state index contributed by atoms with van der Waals surface area (Å²) in [6, 6.07) is 4.01. The van der Waals surface area contributed by atoms with Gasteiger partial charge in [-0.2, -0.15) is 0 Å². The summed E-state index contributed by atoms with van der Waals surface area (Å²) in [4.78, 5) is 3.06. The van der Waals surface area contributed by atoms with Crippen LogP contribution in [0.2, 0.25) is 0 Å². The number of benzene rings is 1. The Hall–Kier alpha value is -1.88. The first-order valence-electron chi connectivity index (χ1n) is 5.93. The maximum Gasteiger partial charge on any atom is 0.165 e. The molecule has 1 aromatic carbocycles. The number of aromatic nitrogens is 1. The number of nitrogens with one attached hydrogen (secondary N) is 2. The molecule has 1 aromatic heterocycles. The van der Waals surface area contributed by atoms with E-state index in [2.05, 4.69) is 10.3 Å². The minimum Gasteiger partial charge on any atom is -0.494 e. The molecule has 2 N–H and O–H groups in total. The molecular formula is C14H16F2N2O. The lowest BCUT2D eigenvalue weighted by Crippen LogP contribution is -2.04. The van der Waals surface area contributed by atoms with Gasteiger partial charge in [0.15, 0.2) is 11.6 Å². The Balaban J connectivity index is 2.47. The van der Waals surface area contributed by atoms with Crippen molar-refractivity contribution in [3.8, 4) is 17.0 Å². The van der Waals surface area contributed by atoms with Crippen LogP contribution in [0.1, 0.15) is 11.3 Å². The molecular weight excluding hydrogens is 250 g/mol. The molecule has 0 saturated carbocycles. The summed E-state index contributed by atoms with van der Waals surface area (Å²) >= 11 is 0. The zero-order valence-electron chi connectivity index (χ0n) is 11.1. The zero-order valence-corrected chi connectivity index (χ0v) is 11.1. The molecule has 0 aliphatic carbocycles. The number of halogens is 2. The molecule has 19 heavy (non-hydrogen) atoms. The zero-order chi connectivity index (χ0) is 14.0. The van der Waals surface area contributed by atoms with Gasteiger partial charge in [0.2, 0.25) is 0 Å². The van der Waals surface area contributed by atoms with Crippen LogP contribution in [0.5, 0.6) is 5.75 Å². The van der Waals surface area contributed by atoms with Gasteiger partial charge in [0.05, 0.1) is 7.11 Å². The van der Waals surface area contributed by atoms with Gasteiger partial charge < -0.3 is 15.0 Å². The first-order valence-corrected chi connectivity index (χ1v) is 5.93. The Morgan fingerprint density at radius 3 is 2.58 bits per heavy atom. The van der Waals surface area contributed by atoms with E-state index in [1.165, 1.54) is 7.11 Å². The van der Waals surface area contributed by atoms with Crippen LogP contribution in [0.25, 0.3) is 11.3 Å². The number of methoxy groups -OCH3 is 1. The van der Waals surface area contributed by atoms with E-state index in [4.69, 9.17) is 4.74 Å². The Morgan fingerprint density at radius 1 is 1.21 bits per heavy atom. The SMILES string of the molecule is CNCc1cc(-c2cc(F)c(OC)cc2F)[nH]c1C. The fraction of sp³-hybridized carbons (Fsp3) is 0.286. The van der Waals surface area contributed by atoms with Crippen molar-refractivity contribution < 1.29 is 13.5 Å². The van der Waals surface area contributed by atoms with Crippen LogP contribution in [0.4, 0.5) is 8.78 Å². The molecule has 0 atom stereocenters. The van der Waals surface area contributed by atoms with Gasteiger partial charge in [-0.05, 0) is 31.7 Å². The number of hydrogen-bond acceptors (Lipinski definition) is 2. The maximum atomic E-state index is 13.9. The van der Waals surface area contributed by atoms with E-state index in [1.807, 2.05) is 20.0 Å². The first kappa shape index (κ1) is 13.5. The number of H-pyrrole nitrogens is 1. The van der Waals surface area contributed by atoms with E-state index < -0.39 is 11.6 Å². The van der Waals surface area contributed by atoms with Crippen LogP contribution in [0.3, 0.4) is 0 Å². The molecule has 2 aromatic rings.